The molecule has 0 amide bonds. The van der Waals surface area contributed by atoms with Crippen LogP contribution < -0.4 is 0 Å². The number of hydrogen-bond donors (Lipinski definition) is 0. The lowest BCUT2D eigenvalue weighted by molar-refractivity contribution is -0.0948. The van der Waals surface area contributed by atoms with Crippen LogP contribution in [0.3, 0.4) is 0 Å². The van der Waals surface area contributed by atoms with Crippen molar-refractivity contribution in [3.05, 3.63) is 0 Å². The standard InChI is InChI=1S/C6H11ClO4/c1-5(11-6(7)8)10-4-3-9-2/h5H,3-4H2,1-2H3. The van der Waals surface area contributed by atoms with E-state index in [1.165, 1.54) is 0 Å². The van der Waals surface area contributed by atoms with E-state index < -0.39 is 11.7 Å². The number of carbonyl (C=O) groups is 1. The first-order valence-corrected chi connectivity index (χ1v) is 3.51. The zero-order chi connectivity index (χ0) is 8.69. The molecule has 0 radical (unpaired) electrons. The molecular weight excluding hydrogens is 172 g/mol. The molecule has 0 fully saturated rings. The molecule has 0 aromatic rings. The summed E-state index contributed by atoms with van der Waals surface area (Å²) >= 11 is 4.91. The van der Waals surface area contributed by atoms with E-state index in [0.29, 0.717) is 13.2 Å². The largest absolute Gasteiger partial charge is 0.424 e. The van der Waals surface area contributed by atoms with E-state index in [1.54, 1.807) is 14.0 Å². The van der Waals surface area contributed by atoms with Crippen molar-refractivity contribution in [3.63, 3.8) is 0 Å². The lowest BCUT2D eigenvalue weighted by atomic mass is 10.7. The second kappa shape index (κ2) is 6.39. The summed E-state index contributed by atoms with van der Waals surface area (Å²) in [5, 5.41) is 0. The van der Waals surface area contributed by atoms with Crippen molar-refractivity contribution in [3.8, 4) is 0 Å². The predicted octanol–water partition coefficient (Wildman–Crippen LogP) is 1.37. The third kappa shape index (κ3) is 7.58. The van der Waals surface area contributed by atoms with Gasteiger partial charge in [0.25, 0.3) is 0 Å². The maximum Gasteiger partial charge on any atom is 0.406 e. The maximum absolute atomic E-state index is 10.1. The van der Waals surface area contributed by atoms with Gasteiger partial charge in [-0.3, -0.25) is 0 Å². The molecule has 0 bridgehead atoms. The van der Waals surface area contributed by atoms with Crippen LogP contribution in [0, 0.1) is 0 Å². The monoisotopic (exact) mass is 182 g/mol. The Hall–Kier alpha value is -0.320. The SMILES string of the molecule is COCCOC(C)OC(=O)Cl. The normalized spacial score (nSPS) is 12.6. The van der Waals surface area contributed by atoms with Crippen LogP contribution in [0.15, 0.2) is 0 Å². The first-order chi connectivity index (χ1) is 5.16. The van der Waals surface area contributed by atoms with Gasteiger partial charge >= 0.3 is 5.43 Å². The third-order valence-electron chi connectivity index (χ3n) is 0.899. The molecule has 11 heavy (non-hydrogen) atoms. The molecule has 66 valence electrons. The Morgan fingerprint density at radius 3 is 2.64 bits per heavy atom. The number of methoxy groups -OCH3 is 1. The van der Waals surface area contributed by atoms with E-state index in [4.69, 9.17) is 21.1 Å². The van der Waals surface area contributed by atoms with E-state index in [1.807, 2.05) is 0 Å². The first-order valence-electron chi connectivity index (χ1n) is 3.13. The Balaban J connectivity index is 3.22. The average Bonchev–Trinajstić information content (AvgIpc) is 1.86. The fraction of sp³-hybridized carbons (Fsp3) is 0.833. The topological polar surface area (TPSA) is 44.8 Å². The molecule has 0 aliphatic rings. The molecule has 0 aromatic carbocycles. The first kappa shape index (κ1) is 10.7. The molecule has 0 saturated heterocycles. The van der Waals surface area contributed by atoms with Crippen LogP contribution in [0.25, 0.3) is 0 Å². The lowest BCUT2D eigenvalue weighted by Crippen LogP contribution is -2.16. The van der Waals surface area contributed by atoms with Gasteiger partial charge in [0.05, 0.1) is 13.2 Å². The Bertz CT molecular complexity index is 117. The molecule has 0 aromatic heterocycles. The second-order valence-corrected chi connectivity index (χ2v) is 2.10. The minimum absolute atomic E-state index is 0.377. The number of ether oxygens (including phenoxy) is 3. The molecular formula is C6H11ClO4. The van der Waals surface area contributed by atoms with Gasteiger partial charge in [-0.15, -0.1) is 0 Å². The Morgan fingerprint density at radius 1 is 1.55 bits per heavy atom. The number of rotatable bonds is 5. The quantitative estimate of drug-likeness (QED) is 0.366. The van der Waals surface area contributed by atoms with Crippen LogP contribution in [0.2, 0.25) is 0 Å². The van der Waals surface area contributed by atoms with Gasteiger partial charge in [0.1, 0.15) is 0 Å². The summed E-state index contributed by atoms with van der Waals surface area (Å²) in [7, 11) is 1.56. The minimum atomic E-state index is -0.866. The van der Waals surface area contributed by atoms with Gasteiger partial charge in [-0.2, -0.15) is 0 Å². The van der Waals surface area contributed by atoms with E-state index in [0.717, 1.165) is 0 Å². The van der Waals surface area contributed by atoms with Gasteiger partial charge in [-0.25, -0.2) is 4.79 Å². The number of halogens is 1. The molecule has 1 unspecified atom stereocenters. The van der Waals surface area contributed by atoms with Gasteiger partial charge in [0.2, 0.25) is 6.29 Å². The number of hydrogen-bond acceptors (Lipinski definition) is 4. The van der Waals surface area contributed by atoms with E-state index in [2.05, 4.69) is 4.74 Å². The summed E-state index contributed by atoms with van der Waals surface area (Å²) in [5.41, 5.74) is -0.866. The molecule has 0 spiro atoms. The average molecular weight is 183 g/mol. The minimum Gasteiger partial charge on any atom is -0.424 e. The summed E-state index contributed by atoms with van der Waals surface area (Å²) < 4.78 is 14.1. The van der Waals surface area contributed by atoms with Gasteiger partial charge in [0, 0.05) is 18.7 Å². The Labute approximate surface area is 70.4 Å². The van der Waals surface area contributed by atoms with Crippen molar-refractivity contribution < 1.29 is 19.0 Å². The van der Waals surface area contributed by atoms with Gasteiger partial charge < -0.3 is 14.2 Å². The predicted molar refractivity (Wildman–Crippen MR) is 39.6 cm³/mol. The fourth-order valence-electron chi connectivity index (χ4n) is 0.462. The van der Waals surface area contributed by atoms with Crippen molar-refractivity contribution in [2.75, 3.05) is 20.3 Å². The van der Waals surface area contributed by atoms with Gasteiger partial charge in [0.15, 0.2) is 0 Å². The smallest absolute Gasteiger partial charge is 0.406 e. The second-order valence-electron chi connectivity index (χ2n) is 1.79. The van der Waals surface area contributed by atoms with Crippen LogP contribution >= 0.6 is 11.6 Å². The van der Waals surface area contributed by atoms with Crippen molar-refractivity contribution in [1.82, 2.24) is 0 Å². The van der Waals surface area contributed by atoms with E-state index in [-0.39, 0.29) is 0 Å². The zero-order valence-electron chi connectivity index (χ0n) is 6.50. The summed E-state index contributed by atoms with van der Waals surface area (Å²) in [4.78, 5) is 10.1. The summed E-state index contributed by atoms with van der Waals surface area (Å²) in [6, 6.07) is 0. The van der Waals surface area contributed by atoms with Crippen molar-refractivity contribution in [1.29, 1.82) is 0 Å². The molecule has 0 aliphatic carbocycles. The van der Waals surface area contributed by atoms with Crippen molar-refractivity contribution in [2.24, 2.45) is 0 Å². The highest BCUT2D eigenvalue weighted by molar-refractivity contribution is 6.61. The highest BCUT2D eigenvalue weighted by atomic mass is 35.5. The maximum atomic E-state index is 10.1. The van der Waals surface area contributed by atoms with E-state index in [9.17, 15) is 4.79 Å². The van der Waals surface area contributed by atoms with Crippen LogP contribution in [0.1, 0.15) is 6.92 Å². The summed E-state index contributed by atoms with van der Waals surface area (Å²) in [6.07, 6.45) is -0.616. The Morgan fingerprint density at radius 2 is 2.18 bits per heavy atom. The molecule has 0 saturated carbocycles. The fourth-order valence-corrected chi connectivity index (χ4v) is 0.587. The molecule has 5 heteroatoms. The molecule has 0 rings (SSSR count). The van der Waals surface area contributed by atoms with Gasteiger partial charge in [-0.05, 0) is 6.92 Å². The number of carbonyl (C=O) groups excluding carboxylic acids is 1. The zero-order valence-corrected chi connectivity index (χ0v) is 7.26. The molecule has 1 atom stereocenters. The van der Waals surface area contributed by atoms with Crippen molar-refractivity contribution >= 4 is 17.0 Å². The third-order valence-corrected chi connectivity index (χ3v) is 0.988. The van der Waals surface area contributed by atoms with Gasteiger partial charge in [-0.1, -0.05) is 0 Å². The summed E-state index contributed by atoms with van der Waals surface area (Å²) in [5.74, 6) is 0. The van der Waals surface area contributed by atoms with Crippen LogP contribution in [0.4, 0.5) is 4.79 Å². The molecule has 4 nitrogen and oxygen atoms in total. The van der Waals surface area contributed by atoms with Crippen LogP contribution in [-0.2, 0) is 14.2 Å². The lowest BCUT2D eigenvalue weighted by Gasteiger charge is -2.10. The molecule has 0 N–H and O–H groups in total. The highest BCUT2D eigenvalue weighted by Crippen LogP contribution is 1.97. The summed E-state index contributed by atoms with van der Waals surface area (Å²) in [6.45, 7) is 2.42. The molecule has 0 heterocycles. The van der Waals surface area contributed by atoms with Crippen LogP contribution in [-0.4, -0.2) is 32.0 Å². The highest BCUT2D eigenvalue weighted by Gasteiger charge is 2.05. The van der Waals surface area contributed by atoms with Crippen LogP contribution in [0.5, 0.6) is 0 Å². The van der Waals surface area contributed by atoms with E-state index >= 15 is 0 Å². The molecule has 0 aliphatic heterocycles. The Kier molecular flexibility index (Phi) is 6.21. The van der Waals surface area contributed by atoms with Crippen molar-refractivity contribution in [2.45, 2.75) is 13.2 Å².